The van der Waals surface area contributed by atoms with Crippen LogP contribution in [0.1, 0.15) is 0 Å². The molecule has 0 unspecified atom stereocenters. The molecule has 0 radical (unpaired) electrons. The van der Waals surface area contributed by atoms with E-state index in [-0.39, 0.29) is 6.61 Å². The zero-order valence-corrected chi connectivity index (χ0v) is 5.16. The third-order valence-electron chi connectivity index (χ3n) is 1.26. The summed E-state index contributed by atoms with van der Waals surface area (Å²) in [6.07, 6.45) is 0. The fourth-order valence-corrected chi connectivity index (χ4v) is 0.601. The minimum absolute atomic E-state index is 0.167. The van der Waals surface area contributed by atoms with Crippen molar-refractivity contribution >= 4 is 11.6 Å². The van der Waals surface area contributed by atoms with Crippen LogP contribution in [0.5, 0.6) is 0 Å². The lowest BCUT2D eigenvalue weighted by molar-refractivity contribution is -0.0229. The molecule has 0 spiro atoms. The van der Waals surface area contributed by atoms with Crippen LogP contribution in [0.4, 0.5) is 8.78 Å². The minimum atomic E-state index is -3.44. The maximum atomic E-state index is 12.0. The highest BCUT2D eigenvalue weighted by atomic mass is 35.5. The van der Waals surface area contributed by atoms with Gasteiger partial charge in [-0.2, -0.15) is 8.78 Å². The van der Waals surface area contributed by atoms with Crippen molar-refractivity contribution in [3.8, 4) is 0 Å². The van der Waals surface area contributed by atoms with Gasteiger partial charge in [-0.3, -0.25) is 0 Å². The number of aliphatic hydroxyl groups excluding tert-OH is 1. The number of ether oxygens (including phenoxy) is 1. The highest BCUT2D eigenvalue weighted by molar-refractivity contribution is 6.22. The standard InChI is InChI=1S/C4H5ClF2O2/c5-4(6,7)3(1-8)2-9-3/h8H,1-2H2/t3-/m0/s1. The van der Waals surface area contributed by atoms with Crippen LogP contribution in [-0.2, 0) is 4.74 Å². The van der Waals surface area contributed by atoms with Crippen LogP contribution >= 0.6 is 11.6 Å². The molecule has 54 valence electrons. The van der Waals surface area contributed by atoms with Gasteiger partial charge in [-0.15, -0.1) is 0 Å². The van der Waals surface area contributed by atoms with Gasteiger partial charge in [0.25, 0.3) is 0 Å². The van der Waals surface area contributed by atoms with E-state index in [2.05, 4.69) is 16.3 Å². The molecule has 5 heteroatoms. The monoisotopic (exact) mass is 158 g/mol. The highest BCUT2D eigenvalue weighted by Gasteiger charge is 2.63. The number of hydrogen-bond acceptors (Lipinski definition) is 2. The number of hydrogen-bond donors (Lipinski definition) is 1. The molecule has 1 N–H and O–H groups in total. The minimum Gasteiger partial charge on any atom is -0.393 e. The second-order valence-electron chi connectivity index (χ2n) is 1.94. The Bertz CT molecular complexity index is 118. The Morgan fingerprint density at radius 2 is 2.22 bits per heavy atom. The Morgan fingerprint density at radius 3 is 2.22 bits per heavy atom. The molecule has 0 aromatic heterocycles. The van der Waals surface area contributed by atoms with E-state index < -0.39 is 17.6 Å². The van der Waals surface area contributed by atoms with Gasteiger partial charge in [-0.25, -0.2) is 0 Å². The summed E-state index contributed by atoms with van der Waals surface area (Å²) < 4.78 is 28.4. The van der Waals surface area contributed by atoms with Crippen molar-refractivity contribution < 1.29 is 18.6 Å². The van der Waals surface area contributed by atoms with Gasteiger partial charge < -0.3 is 9.84 Å². The molecule has 0 aromatic carbocycles. The van der Waals surface area contributed by atoms with Crippen LogP contribution in [0, 0.1) is 0 Å². The van der Waals surface area contributed by atoms with Gasteiger partial charge in [-0.1, -0.05) is 0 Å². The first-order chi connectivity index (χ1) is 4.02. The van der Waals surface area contributed by atoms with Gasteiger partial charge in [0.05, 0.1) is 13.2 Å². The van der Waals surface area contributed by atoms with Crippen molar-refractivity contribution in [2.24, 2.45) is 0 Å². The lowest BCUT2D eigenvalue weighted by atomic mass is 10.2. The molecule has 1 heterocycles. The van der Waals surface area contributed by atoms with Crippen LogP contribution in [0.25, 0.3) is 0 Å². The summed E-state index contributed by atoms with van der Waals surface area (Å²) in [4.78, 5) is 0. The van der Waals surface area contributed by atoms with E-state index in [4.69, 9.17) is 5.11 Å². The summed E-state index contributed by atoms with van der Waals surface area (Å²) in [5.74, 6) is 0. The van der Waals surface area contributed by atoms with Crippen molar-refractivity contribution in [1.82, 2.24) is 0 Å². The van der Waals surface area contributed by atoms with E-state index in [1.165, 1.54) is 0 Å². The third-order valence-corrected chi connectivity index (χ3v) is 1.61. The Balaban J connectivity index is 2.60. The quantitative estimate of drug-likeness (QED) is 0.471. The molecule has 1 fully saturated rings. The molecule has 0 aromatic rings. The van der Waals surface area contributed by atoms with Crippen molar-refractivity contribution in [1.29, 1.82) is 0 Å². The Morgan fingerprint density at radius 1 is 1.78 bits per heavy atom. The summed E-state index contributed by atoms with van der Waals surface area (Å²) >= 11 is 4.57. The molecule has 2 nitrogen and oxygen atoms in total. The van der Waals surface area contributed by atoms with E-state index in [9.17, 15) is 8.78 Å². The normalized spacial score (nSPS) is 34.7. The molecule has 1 atom stereocenters. The average Bonchev–Trinajstić information content (AvgIpc) is 2.40. The molecule has 0 amide bonds. The number of aliphatic hydroxyl groups is 1. The number of rotatable bonds is 2. The van der Waals surface area contributed by atoms with Gasteiger partial charge in [0.2, 0.25) is 0 Å². The Labute approximate surface area is 55.4 Å². The molecule has 1 saturated heterocycles. The van der Waals surface area contributed by atoms with Crippen LogP contribution < -0.4 is 0 Å². The Kier molecular flexibility index (Phi) is 1.42. The molecule has 1 rings (SSSR count). The average molecular weight is 159 g/mol. The van der Waals surface area contributed by atoms with Crippen LogP contribution in [0.3, 0.4) is 0 Å². The summed E-state index contributed by atoms with van der Waals surface area (Å²) in [6, 6.07) is 0. The van der Waals surface area contributed by atoms with Crippen LogP contribution in [0.2, 0.25) is 0 Å². The van der Waals surface area contributed by atoms with E-state index in [1.807, 2.05) is 0 Å². The van der Waals surface area contributed by atoms with Gasteiger partial charge in [-0.05, 0) is 11.6 Å². The maximum Gasteiger partial charge on any atom is 0.354 e. The molecule has 0 aliphatic carbocycles. The predicted octanol–water partition coefficient (Wildman–Crippen LogP) is 0.579. The van der Waals surface area contributed by atoms with Crippen molar-refractivity contribution in [3.05, 3.63) is 0 Å². The summed E-state index contributed by atoms with van der Waals surface area (Å²) in [5, 5.41) is 4.86. The lowest BCUT2D eigenvalue weighted by Gasteiger charge is -2.13. The van der Waals surface area contributed by atoms with Crippen molar-refractivity contribution in [2.45, 2.75) is 11.0 Å². The number of epoxide rings is 1. The van der Waals surface area contributed by atoms with Crippen LogP contribution in [-0.4, -0.2) is 29.3 Å². The highest BCUT2D eigenvalue weighted by Crippen LogP contribution is 2.44. The van der Waals surface area contributed by atoms with E-state index in [0.29, 0.717) is 0 Å². The number of halogens is 3. The first kappa shape index (κ1) is 7.18. The second-order valence-corrected chi connectivity index (χ2v) is 2.41. The summed E-state index contributed by atoms with van der Waals surface area (Å²) in [5.41, 5.74) is -1.78. The fourth-order valence-electron chi connectivity index (χ4n) is 0.432. The maximum absolute atomic E-state index is 12.0. The first-order valence-corrected chi connectivity index (χ1v) is 2.71. The first-order valence-electron chi connectivity index (χ1n) is 2.33. The smallest absolute Gasteiger partial charge is 0.354 e. The van der Waals surface area contributed by atoms with Gasteiger partial charge in [0.1, 0.15) is 0 Å². The van der Waals surface area contributed by atoms with Crippen LogP contribution in [0.15, 0.2) is 0 Å². The van der Waals surface area contributed by atoms with E-state index in [0.717, 1.165) is 0 Å². The molecule has 1 aliphatic heterocycles. The van der Waals surface area contributed by atoms with Gasteiger partial charge in [0.15, 0.2) is 5.60 Å². The molecular weight excluding hydrogens is 153 g/mol. The van der Waals surface area contributed by atoms with E-state index >= 15 is 0 Å². The predicted molar refractivity (Wildman–Crippen MR) is 26.6 cm³/mol. The SMILES string of the molecule is OC[C@@]1(C(F)(F)Cl)CO1. The molecule has 1 aliphatic rings. The fraction of sp³-hybridized carbons (Fsp3) is 1.00. The zero-order chi connectivity index (χ0) is 7.12. The van der Waals surface area contributed by atoms with Gasteiger partial charge >= 0.3 is 5.38 Å². The van der Waals surface area contributed by atoms with E-state index in [1.54, 1.807) is 0 Å². The topological polar surface area (TPSA) is 32.8 Å². The molecular formula is C4H5ClF2O2. The third kappa shape index (κ3) is 1.02. The summed E-state index contributed by atoms with van der Waals surface area (Å²) in [6.45, 7) is -0.899. The molecule has 0 saturated carbocycles. The Hall–Kier alpha value is 0.0700. The second kappa shape index (κ2) is 1.78. The van der Waals surface area contributed by atoms with Gasteiger partial charge in [0, 0.05) is 0 Å². The summed E-state index contributed by atoms with van der Waals surface area (Å²) in [7, 11) is 0. The lowest BCUT2D eigenvalue weighted by Crippen LogP contribution is -2.35. The number of alkyl halides is 3. The van der Waals surface area contributed by atoms with Crippen molar-refractivity contribution in [3.63, 3.8) is 0 Å². The largest absolute Gasteiger partial charge is 0.393 e. The molecule has 0 bridgehead atoms. The zero-order valence-electron chi connectivity index (χ0n) is 4.40. The van der Waals surface area contributed by atoms with Crippen molar-refractivity contribution in [2.75, 3.05) is 13.2 Å². The molecule has 9 heavy (non-hydrogen) atoms.